The van der Waals surface area contributed by atoms with E-state index in [-0.39, 0.29) is 0 Å². The van der Waals surface area contributed by atoms with Crippen LogP contribution in [-0.4, -0.2) is 11.9 Å². The molecular weight excluding hydrogens is 188 g/mol. The Bertz CT molecular complexity index is 291. The minimum absolute atomic E-state index is 0.340. The molecular formula is C13H20O2. The number of carbonyl (C=O) groups is 1. The maximum absolute atomic E-state index is 11.7. The van der Waals surface area contributed by atoms with Crippen molar-refractivity contribution in [1.29, 1.82) is 0 Å². The molecule has 0 aromatic heterocycles. The monoisotopic (exact) mass is 208 g/mol. The van der Waals surface area contributed by atoms with E-state index in [2.05, 4.69) is 13.8 Å². The molecule has 2 heteroatoms. The highest BCUT2D eigenvalue weighted by atomic mass is 16.5. The van der Waals surface area contributed by atoms with Gasteiger partial charge in [0, 0.05) is 18.4 Å². The van der Waals surface area contributed by atoms with Crippen molar-refractivity contribution in [3.63, 3.8) is 0 Å². The van der Waals surface area contributed by atoms with E-state index in [1.54, 1.807) is 0 Å². The Morgan fingerprint density at radius 2 is 2.13 bits per heavy atom. The van der Waals surface area contributed by atoms with E-state index in [0.29, 0.717) is 24.2 Å². The van der Waals surface area contributed by atoms with Crippen LogP contribution in [0.15, 0.2) is 11.3 Å². The third-order valence-electron chi connectivity index (χ3n) is 3.55. The minimum Gasteiger partial charge on any atom is -0.494 e. The Morgan fingerprint density at radius 3 is 2.80 bits per heavy atom. The Morgan fingerprint density at radius 1 is 1.33 bits per heavy atom. The van der Waals surface area contributed by atoms with E-state index < -0.39 is 0 Å². The van der Waals surface area contributed by atoms with E-state index >= 15 is 0 Å². The zero-order valence-corrected chi connectivity index (χ0v) is 9.71. The van der Waals surface area contributed by atoms with Crippen LogP contribution in [0.2, 0.25) is 0 Å². The zero-order valence-electron chi connectivity index (χ0n) is 9.71. The van der Waals surface area contributed by atoms with Crippen molar-refractivity contribution in [1.82, 2.24) is 0 Å². The highest BCUT2D eigenvalue weighted by molar-refractivity contribution is 5.98. The van der Waals surface area contributed by atoms with E-state index in [1.807, 2.05) is 0 Å². The second-order valence-electron chi connectivity index (χ2n) is 4.63. The van der Waals surface area contributed by atoms with Crippen LogP contribution in [0.4, 0.5) is 0 Å². The summed E-state index contributed by atoms with van der Waals surface area (Å²) >= 11 is 0. The van der Waals surface area contributed by atoms with Crippen LogP contribution in [0.1, 0.15) is 52.4 Å². The normalized spacial score (nSPS) is 30.4. The van der Waals surface area contributed by atoms with Gasteiger partial charge in [0.15, 0.2) is 5.78 Å². The molecule has 0 saturated carbocycles. The minimum atomic E-state index is 0.340. The van der Waals surface area contributed by atoms with Crippen LogP contribution in [-0.2, 0) is 9.53 Å². The molecule has 0 bridgehead atoms. The number of ether oxygens (including phenoxy) is 1. The first-order valence-corrected chi connectivity index (χ1v) is 6.19. The van der Waals surface area contributed by atoms with E-state index in [1.165, 1.54) is 0 Å². The van der Waals surface area contributed by atoms with Gasteiger partial charge in [-0.3, -0.25) is 4.79 Å². The molecule has 2 unspecified atom stereocenters. The summed E-state index contributed by atoms with van der Waals surface area (Å²) in [6.45, 7) is 4.36. The number of Topliss-reactive ketones (excluding diaryl/α,β-unsaturated/α-hetero) is 1. The molecule has 84 valence electrons. The summed E-state index contributed by atoms with van der Waals surface area (Å²) in [6.07, 6.45) is 6.32. The molecule has 2 aliphatic rings. The lowest BCUT2D eigenvalue weighted by atomic mass is 9.86. The Balaban J connectivity index is 2.16. The summed E-state index contributed by atoms with van der Waals surface area (Å²) in [5.41, 5.74) is 1.03. The summed E-state index contributed by atoms with van der Waals surface area (Å²) in [5.74, 6) is 1.84. The number of hydrogen-bond acceptors (Lipinski definition) is 2. The number of allylic oxidation sites excluding steroid dienone is 2. The lowest BCUT2D eigenvalue weighted by Gasteiger charge is -2.30. The fourth-order valence-electron chi connectivity index (χ4n) is 2.78. The first-order valence-electron chi connectivity index (χ1n) is 6.19. The largest absolute Gasteiger partial charge is 0.494 e. The van der Waals surface area contributed by atoms with E-state index in [9.17, 15) is 4.79 Å². The van der Waals surface area contributed by atoms with Gasteiger partial charge >= 0.3 is 0 Å². The van der Waals surface area contributed by atoms with Gasteiger partial charge in [-0.15, -0.1) is 0 Å². The summed E-state index contributed by atoms with van der Waals surface area (Å²) in [6, 6.07) is 0. The molecule has 0 N–H and O–H groups in total. The maximum atomic E-state index is 11.7. The smallest absolute Gasteiger partial charge is 0.162 e. The van der Waals surface area contributed by atoms with Crippen LogP contribution in [0.5, 0.6) is 0 Å². The SMILES string of the molecule is CCCC1CC(CC)C2=C(CCC2=O)O1. The number of hydrogen-bond donors (Lipinski definition) is 0. The third-order valence-corrected chi connectivity index (χ3v) is 3.55. The standard InChI is InChI=1S/C13H20O2/c1-3-5-10-8-9(4-2)13-11(14)6-7-12(13)15-10/h9-10H,3-8H2,1-2H3. The Labute approximate surface area is 91.7 Å². The van der Waals surface area contributed by atoms with Gasteiger partial charge in [-0.1, -0.05) is 20.3 Å². The summed E-state index contributed by atoms with van der Waals surface area (Å²) < 4.78 is 5.91. The molecule has 1 aliphatic heterocycles. The van der Waals surface area contributed by atoms with Crippen LogP contribution >= 0.6 is 0 Å². The lowest BCUT2D eigenvalue weighted by Crippen LogP contribution is -2.25. The van der Waals surface area contributed by atoms with Gasteiger partial charge in [-0.25, -0.2) is 0 Å². The molecule has 2 nitrogen and oxygen atoms in total. The van der Waals surface area contributed by atoms with Gasteiger partial charge in [-0.2, -0.15) is 0 Å². The first-order chi connectivity index (χ1) is 7.26. The predicted octanol–water partition coefficient (Wildman–Crippen LogP) is 3.22. The van der Waals surface area contributed by atoms with E-state index in [0.717, 1.165) is 43.4 Å². The van der Waals surface area contributed by atoms with Gasteiger partial charge in [0.2, 0.25) is 0 Å². The number of rotatable bonds is 3. The molecule has 1 aliphatic carbocycles. The number of carbonyl (C=O) groups excluding carboxylic acids is 1. The molecule has 0 saturated heterocycles. The predicted molar refractivity (Wildman–Crippen MR) is 59.4 cm³/mol. The second-order valence-corrected chi connectivity index (χ2v) is 4.63. The van der Waals surface area contributed by atoms with Crippen molar-refractivity contribution in [3.8, 4) is 0 Å². The lowest BCUT2D eigenvalue weighted by molar-refractivity contribution is -0.115. The van der Waals surface area contributed by atoms with Crippen LogP contribution in [0.3, 0.4) is 0 Å². The first kappa shape index (κ1) is 10.7. The molecule has 1 heterocycles. The molecule has 2 atom stereocenters. The maximum Gasteiger partial charge on any atom is 0.162 e. The average molecular weight is 208 g/mol. The highest BCUT2D eigenvalue weighted by Gasteiger charge is 2.36. The second kappa shape index (κ2) is 4.38. The van der Waals surface area contributed by atoms with Gasteiger partial charge in [0.05, 0.1) is 6.10 Å². The molecule has 2 rings (SSSR count). The van der Waals surface area contributed by atoms with Crippen molar-refractivity contribution < 1.29 is 9.53 Å². The molecule has 0 fully saturated rings. The zero-order chi connectivity index (χ0) is 10.8. The van der Waals surface area contributed by atoms with Gasteiger partial charge in [0.25, 0.3) is 0 Å². The molecule has 0 spiro atoms. The van der Waals surface area contributed by atoms with Crippen LogP contribution in [0.25, 0.3) is 0 Å². The fourth-order valence-corrected chi connectivity index (χ4v) is 2.78. The molecule has 0 aromatic carbocycles. The average Bonchev–Trinajstić information content (AvgIpc) is 2.60. The topological polar surface area (TPSA) is 26.3 Å². The summed E-state index contributed by atoms with van der Waals surface area (Å²) in [5, 5.41) is 0. The Kier molecular flexibility index (Phi) is 3.13. The van der Waals surface area contributed by atoms with Crippen molar-refractivity contribution in [3.05, 3.63) is 11.3 Å². The van der Waals surface area contributed by atoms with Gasteiger partial charge < -0.3 is 4.74 Å². The van der Waals surface area contributed by atoms with Gasteiger partial charge in [-0.05, 0) is 25.2 Å². The van der Waals surface area contributed by atoms with Gasteiger partial charge in [0.1, 0.15) is 5.76 Å². The Hall–Kier alpha value is -0.790. The third kappa shape index (κ3) is 1.95. The number of ketones is 1. The van der Waals surface area contributed by atoms with Crippen molar-refractivity contribution in [2.75, 3.05) is 0 Å². The quantitative estimate of drug-likeness (QED) is 0.711. The van der Waals surface area contributed by atoms with Crippen molar-refractivity contribution in [2.45, 2.75) is 58.5 Å². The summed E-state index contributed by atoms with van der Waals surface area (Å²) in [4.78, 5) is 11.7. The highest BCUT2D eigenvalue weighted by Crippen LogP contribution is 2.39. The molecule has 15 heavy (non-hydrogen) atoms. The van der Waals surface area contributed by atoms with Crippen LogP contribution < -0.4 is 0 Å². The molecule has 0 radical (unpaired) electrons. The summed E-state index contributed by atoms with van der Waals surface area (Å²) in [7, 11) is 0. The molecule has 0 aromatic rings. The van der Waals surface area contributed by atoms with Crippen molar-refractivity contribution >= 4 is 5.78 Å². The van der Waals surface area contributed by atoms with Crippen molar-refractivity contribution in [2.24, 2.45) is 5.92 Å². The fraction of sp³-hybridized carbons (Fsp3) is 0.769. The van der Waals surface area contributed by atoms with E-state index in [4.69, 9.17) is 4.74 Å². The molecule has 0 amide bonds. The van der Waals surface area contributed by atoms with Crippen LogP contribution in [0, 0.1) is 5.92 Å².